The summed E-state index contributed by atoms with van der Waals surface area (Å²) in [6.07, 6.45) is 1.50. The van der Waals surface area contributed by atoms with Crippen LogP contribution in [0.5, 0.6) is 0 Å². The second-order valence-electron chi connectivity index (χ2n) is 3.98. The lowest BCUT2D eigenvalue weighted by Gasteiger charge is -2.07. The quantitative estimate of drug-likeness (QED) is 0.577. The first kappa shape index (κ1) is 14.7. The van der Waals surface area contributed by atoms with Crippen molar-refractivity contribution in [1.82, 2.24) is 15.0 Å². The highest BCUT2D eigenvalue weighted by Crippen LogP contribution is 2.35. The summed E-state index contributed by atoms with van der Waals surface area (Å²) in [7, 11) is 0. The van der Waals surface area contributed by atoms with Gasteiger partial charge in [-0.25, -0.2) is 19.3 Å². The van der Waals surface area contributed by atoms with Gasteiger partial charge in [-0.15, -0.1) is 0 Å². The molecule has 0 fully saturated rings. The summed E-state index contributed by atoms with van der Waals surface area (Å²) in [5.41, 5.74) is 1.08. The van der Waals surface area contributed by atoms with Crippen molar-refractivity contribution in [2.24, 2.45) is 0 Å². The van der Waals surface area contributed by atoms with Gasteiger partial charge in [0.25, 0.3) is 0 Å². The van der Waals surface area contributed by atoms with Gasteiger partial charge in [-0.3, -0.25) is 0 Å². The summed E-state index contributed by atoms with van der Waals surface area (Å²) in [6, 6.07) is 5.75. The second kappa shape index (κ2) is 5.85. The lowest BCUT2D eigenvalue weighted by Crippen LogP contribution is -1.94. The predicted molar refractivity (Wildman–Crippen MR) is 83.6 cm³/mol. The van der Waals surface area contributed by atoms with Crippen molar-refractivity contribution >= 4 is 46.1 Å². The molecular formula is C13H5Cl3FN3S. The Bertz CT molecular complexity index is 782. The van der Waals surface area contributed by atoms with Crippen LogP contribution in [0.3, 0.4) is 0 Å². The third-order valence-electron chi connectivity index (χ3n) is 2.62. The van der Waals surface area contributed by atoms with E-state index in [0.29, 0.717) is 26.3 Å². The molecule has 3 aromatic rings. The third-order valence-corrected chi connectivity index (χ3v) is 4.28. The SMILES string of the molecule is Fc1ccc(-c2c(Cl)nc(-c3ncc(Cl)s3)nc2Cl)cc1. The van der Waals surface area contributed by atoms with Gasteiger partial charge in [-0.1, -0.05) is 58.3 Å². The van der Waals surface area contributed by atoms with Gasteiger partial charge in [0.05, 0.1) is 11.8 Å². The van der Waals surface area contributed by atoms with Gasteiger partial charge < -0.3 is 0 Å². The minimum Gasteiger partial charge on any atom is -0.240 e. The van der Waals surface area contributed by atoms with E-state index >= 15 is 0 Å². The maximum absolute atomic E-state index is 13.0. The van der Waals surface area contributed by atoms with E-state index in [1.807, 2.05) is 0 Å². The molecule has 1 aromatic carbocycles. The van der Waals surface area contributed by atoms with Crippen molar-refractivity contribution in [3.63, 3.8) is 0 Å². The fourth-order valence-electron chi connectivity index (χ4n) is 1.72. The van der Waals surface area contributed by atoms with Crippen LogP contribution >= 0.6 is 46.1 Å². The Morgan fingerprint density at radius 2 is 1.57 bits per heavy atom. The van der Waals surface area contributed by atoms with Crippen LogP contribution in [0.15, 0.2) is 30.5 Å². The largest absolute Gasteiger partial charge is 0.240 e. The predicted octanol–water partition coefficient (Wildman–Crippen LogP) is 5.37. The summed E-state index contributed by atoms with van der Waals surface area (Å²) in [6.45, 7) is 0. The monoisotopic (exact) mass is 359 g/mol. The van der Waals surface area contributed by atoms with E-state index in [4.69, 9.17) is 34.8 Å². The number of halogens is 4. The number of benzene rings is 1. The summed E-state index contributed by atoms with van der Waals surface area (Å²) in [5, 5.41) is 0.861. The molecule has 3 rings (SSSR count). The molecule has 0 atom stereocenters. The van der Waals surface area contributed by atoms with E-state index in [9.17, 15) is 4.39 Å². The first-order valence-electron chi connectivity index (χ1n) is 5.65. The molecular weight excluding hydrogens is 356 g/mol. The lowest BCUT2D eigenvalue weighted by atomic mass is 10.1. The molecule has 0 unspecified atom stereocenters. The van der Waals surface area contributed by atoms with E-state index in [1.165, 1.54) is 29.7 Å². The van der Waals surface area contributed by atoms with Crippen molar-refractivity contribution in [1.29, 1.82) is 0 Å². The summed E-state index contributed by atoms with van der Waals surface area (Å²) >= 11 is 19.4. The maximum atomic E-state index is 13.0. The molecule has 0 aliphatic rings. The Balaban J connectivity index is 2.10. The molecule has 2 heterocycles. The molecule has 0 saturated carbocycles. The average molecular weight is 361 g/mol. The van der Waals surface area contributed by atoms with Crippen molar-refractivity contribution in [2.75, 3.05) is 0 Å². The van der Waals surface area contributed by atoms with E-state index in [0.717, 1.165) is 0 Å². The molecule has 0 saturated heterocycles. The highest BCUT2D eigenvalue weighted by Gasteiger charge is 2.16. The molecule has 21 heavy (non-hydrogen) atoms. The number of hydrogen-bond acceptors (Lipinski definition) is 4. The first-order valence-corrected chi connectivity index (χ1v) is 7.60. The average Bonchev–Trinajstić information content (AvgIpc) is 2.87. The molecule has 0 radical (unpaired) electrons. The minimum atomic E-state index is -0.346. The molecule has 2 aromatic heterocycles. The van der Waals surface area contributed by atoms with Crippen LogP contribution in [0.25, 0.3) is 22.0 Å². The number of rotatable bonds is 2. The molecule has 0 bridgehead atoms. The minimum absolute atomic E-state index is 0.169. The smallest absolute Gasteiger partial charge is 0.191 e. The molecule has 0 spiro atoms. The van der Waals surface area contributed by atoms with Crippen LogP contribution in [-0.2, 0) is 0 Å². The van der Waals surface area contributed by atoms with Crippen LogP contribution in [0.2, 0.25) is 14.6 Å². The fraction of sp³-hybridized carbons (Fsp3) is 0. The van der Waals surface area contributed by atoms with Crippen LogP contribution in [0, 0.1) is 5.82 Å². The summed E-state index contributed by atoms with van der Waals surface area (Å²) in [5.74, 6) is -0.0475. The molecule has 0 aliphatic carbocycles. The molecule has 3 nitrogen and oxygen atoms in total. The van der Waals surface area contributed by atoms with Gasteiger partial charge in [0.15, 0.2) is 10.8 Å². The highest BCUT2D eigenvalue weighted by atomic mass is 35.5. The van der Waals surface area contributed by atoms with Crippen molar-refractivity contribution in [3.05, 3.63) is 50.9 Å². The van der Waals surface area contributed by atoms with E-state index in [1.54, 1.807) is 12.1 Å². The highest BCUT2D eigenvalue weighted by molar-refractivity contribution is 7.18. The topological polar surface area (TPSA) is 38.7 Å². The molecule has 0 amide bonds. The second-order valence-corrected chi connectivity index (χ2v) is 6.36. The van der Waals surface area contributed by atoms with Crippen LogP contribution < -0.4 is 0 Å². The lowest BCUT2D eigenvalue weighted by molar-refractivity contribution is 0.628. The van der Waals surface area contributed by atoms with Gasteiger partial charge >= 0.3 is 0 Å². The Kier molecular flexibility index (Phi) is 4.08. The number of thiazole rings is 1. The number of hydrogen-bond donors (Lipinski definition) is 0. The van der Waals surface area contributed by atoms with Crippen molar-refractivity contribution in [2.45, 2.75) is 0 Å². The third kappa shape index (κ3) is 3.01. The van der Waals surface area contributed by atoms with Crippen molar-refractivity contribution in [3.8, 4) is 22.0 Å². The zero-order valence-electron chi connectivity index (χ0n) is 10.1. The van der Waals surface area contributed by atoms with E-state index < -0.39 is 0 Å². The van der Waals surface area contributed by atoms with Gasteiger partial charge in [0, 0.05) is 0 Å². The van der Waals surface area contributed by atoms with E-state index in [2.05, 4.69) is 15.0 Å². The zero-order valence-corrected chi connectivity index (χ0v) is 13.2. The van der Waals surface area contributed by atoms with Gasteiger partial charge in [0.2, 0.25) is 0 Å². The Morgan fingerprint density at radius 1 is 0.952 bits per heavy atom. The Hall–Kier alpha value is -1.27. The Morgan fingerprint density at radius 3 is 2.10 bits per heavy atom. The normalized spacial score (nSPS) is 10.9. The summed E-state index contributed by atoms with van der Waals surface area (Å²) < 4.78 is 13.5. The maximum Gasteiger partial charge on any atom is 0.191 e. The van der Waals surface area contributed by atoms with Crippen LogP contribution in [0.1, 0.15) is 0 Å². The van der Waals surface area contributed by atoms with Gasteiger partial charge in [0.1, 0.15) is 20.5 Å². The molecule has 0 aliphatic heterocycles. The zero-order chi connectivity index (χ0) is 15.0. The fourth-order valence-corrected chi connectivity index (χ4v) is 3.17. The molecule has 0 N–H and O–H groups in total. The number of aromatic nitrogens is 3. The van der Waals surface area contributed by atoms with Crippen LogP contribution in [-0.4, -0.2) is 15.0 Å². The molecule has 8 heteroatoms. The van der Waals surface area contributed by atoms with Gasteiger partial charge in [-0.2, -0.15) is 0 Å². The summed E-state index contributed by atoms with van der Waals surface area (Å²) in [4.78, 5) is 12.4. The molecule has 106 valence electrons. The van der Waals surface area contributed by atoms with Crippen LogP contribution in [0.4, 0.5) is 4.39 Å². The van der Waals surface area contributed by atoms with Crippen molar-refractivity contribution < 1.29 is 4.39 Å². The van der Waals surface area contributed by atoms with E-state index in [-0.39, 0.29) is 16.1 Å². The van der Waals surface area contributed by atoms with Gasteiger partial charge in [-0.05, 0) is 17.7 Å². The number of nitrogens with zero attached hydrogens (tertiary/aromatic N) is 3. The standard InChI is InChI=1S/C13H5Cl3FN3S/c14-8-5-18-13(21-8)12-19-10(15)9(11(16)20-12)6-1-3-7(17)4-2-6/h1-5H. The first-order chi connectivity index (χ1) is 10.0. The Labute approximate surface area is 138 Å².